The van der Waals surface area contributed by atoms with Crippen LogP contribution < -0.4 is 10.6 Å². The van der Waals surface area contributed by atoms with Crippen LogP contribution >= 0.6 is 0 Å². The molecule has 1 saturated heterocycles. The maximum absolute atomic E-state index is 11.6. The minimum atomic E-state index is -0.991. The molecule has 1 aliphatic heterocycles. The molecule has 114 valence electrons. The van der Waals surface area contributed by atoms with Gasteiger partial charge in [0.2, 0.25) is 0 Å². The van der Waals surface area contributed by atoms with Gasteiger partial charge in [0.15, 0.2) is 0 Å². The molecule has 2 atom stereocenters. The lowest BCUT2D eigenvalue weighted by Gasteiger charge is -2.16. The minimum absolute atomic E-state index is 0.100. The summed E-state index contributed by atoms with van der Waals surface area (Å²) < 4.78 is 9.78. The molecule has 0 spiro atoms. The number of carboxylic acids is 1. The molecule has 0 aromatic heterocycles. The Bertz CT molecular complexity index is 360. The summed E-state index contributed by atoms with van der Waals surface area (Å²) in [6.07, 6.45) is 0.703. The lowest BCUT2D eigenvalue weighted by molar-refractivity contribution is -0.143. The van der Waals surface area contributed by atoms with Crippen molar-refractivity contribution >= 4 is 18.0 Å². The van der Waals surface area contributed by atoms with Crippen LogP contribution in [0.3, 0.4) is 0 Å². The van der Waals surface area contributed by atoms with E-state index in [2.05, 4.69) is 10.6 Å². The van der Waals surface area contributed by atoms with E-state index in [1.54, 1.807) is 6.92 Å². The Labute approximate surface area is 116 Å². The number of aliphatic carboxylic acids is 1. The number of rotatable bonds is 7. The number of amides is 2. The monoisotopic (exact) mass is 288 g/mol. The molecular weight excluding hydrogens is 268 g/mol. The number of carboxylic acid groups (broad SMARTS) is 1. The summed E-state index contributed by atoms with van der Waals surface area (Å²) in [4.78, 5) is 33.5. The molecule has 2 unspecified atom stereocenters. The Kier molecular flexibility index (Phi) is 6.78. The van der Waals surface area contributed by atoms with E-state index in [9.17, 15) is 14.4 Å². The van der Waals surface area contributed by atoms with E-state index >= 15 is 0 Å². The van der Waals surface area contributed by atoms with Crippen LogP contribution in [0.2, 0.25) is 0 Å². The van der Waals surface area contributed by atoms with Crippen molar-refractivity contribution in [2.45, 2.75) is 25.8 Å². The molecule has 1 heterocycles. The van der Waals surface area contributed by atoms with Gasteiger partial charge in [-0.2, -0.15) is 0 Å². The van der Waals surface area contributed by atoms with Crippen LogP contribution in [0, 0.1) is 5.92 Å². The van der Waals surface area contributed by atoms with E-state index in [0.717, 1.165) is 0 Å². The molecule has 1 aliphatic rings. The first-order chi connectivity index (χ1) is 9.54. The Morgan fingerprint density at radius 1 is 1.35 bits per heavy atom. The molecule has 0 radical (unpaired) electrons. The van der Waals surface area contributed by atoms with E-state index in [1.807, 2.05) is 0 Å². The number of hydrogen-bond acceptors (Lipinski definition) is 5. The number of ether oxygens (including phenoxy) is 2. The van der Waals surface area contributed by atoms with Crippen LogP contribution in [0.1, 0.15) is 19.8 Å². The summed E-state index contributed by atoms with van der Waals surface area (Å²) in [5.41, 5.74) is 0. The van der Waals surface area contributed by atoms with Gasteiger partial charge in [-0.25, -0.2) is 4.79 Å². The minimum Gasteiger partial charge on any atom is -0.481 e. The van der Waals surface area contributed by atoms with Crippen LogP contribution in [-0.2, 0) is 19.1 Å². The summed E-state index contributed by atoms with van der Waals surface area (Å²) in [5.74, 6) is -2.01. The molecule has 0 aromatic rings. The smallest absolute Gasteiger partial charge is 0.315 e. The topological polar surface area (TPSA) is 114 Å². The second-order valence-corrected chi connectivity index (χ2v) is 4.40. The Balaban J connectivity index is 2.17. The van der Waals surface area contributed by atoms with Gasteiger partial charge in [-0.3, -0.25) is 9.59 Å². The Morgan fingerprint density at radius 2 is 2.10 bits per heavy atom. The third-order valence-corrected chi connectivity index (χ3v) is 2.86. The van der Waals surface area contributed by atoms with E-state index in [4.69, 9.17) is 14.6 Å². The normalized spacial score (nSPS) is 21.2. The van der Waals surface area contributed by atoms with E-state index in [-0.39, 0.29) is 25.6 Å². The van der Waals surface area contributed by atoms with Crippen LogP contribution in [0.5, 0.6) is 0 Å². The largest absolute Gasteiger partial charge is 0.481 e. The fourth-order valence-corrected chi connectivity index (χ4v) is 1.83. The molecule has 0 aliphatic carbocycles. The molecule has 0 bridgehead atoms. The van der Waals surface area contributed by atoms with Crippen molar-refractivity contribution in [2.75, 3.05) is 26.4 Å². The number of urea groups is 1. The van der Waals surface area contributed by atoms with Crippen molar-refractivity contribution in [2.24, 2.45) is 5.92 Å². The van der Waals surface area contributed by atoms with E-state index in [1.165, 1.54) is 0 Å². The molecule has 8 nitrogen and oxygen atoms in total. The molecular formula is C12H20N2O6. The first-order valence-corrected chi connectivity index (χ1v) is 6.55. The second kappa shape index (κ2) is 8.36. The first-order valence-electron chi connectivity index (χ1n) is 6.55. The highest BCUT2D eigenvalue weighted by molar-refractivity contribution is 5.77. The van der Waals surface area contributed by atoms with Gasteiger partial charge in [0.1, 0.15) is 5.92 Å². The van der Waals surface area contributed by atoms with Gasteiger partial charge < -0.3 is 25.2 Å². The van der Waals surface area contributed by atoms with E-state index < -0.39 is 24.0 Å². The maximum Gasteiger partial charge on any atom is 0.315 e. The average molecular weight is 288 g/mol. The zero-order valence-electron chi connectivity index (χ0n) is 11.4. The molecule has 1 fully saturated rings. The van der Waals surface area contributed by atoms with Crippen molar-refractivity contribution in [3.8, 4) is 0 Å². The predicted molar refractivity (Wildman–Crippen MR) is 68.1 cm³/mol. The molecule has 1 rings (SSSR count). The zero-order chi connectivity index (χ0) is 15.0. The molecule has 3 N–H and O–H groups in total. The summed E-state index contributed by atoms with van der Waals surface area (Å²) in [6, 6.07) is -0.992. The standard InChI is InChI=1S/C12H20N2O6/c1-2-20-10(15)4-3-5-13-12(18)14-9-7-19-6-8(9)11(16)17/h8-9H,2-7H2,1H3,(H,16,17)(H2,13,14,18). The van der Waals surface area contributed by atoms with Crippen molar-refractivity contribution in [3.05, 3.63) is 0 Å². The highest BCUT2D eigenvalue weighted by Crippen LogP contribution is 2.13. The van der Waals surface area contributed by atoms with Gasteiger partial charge in [-0.1, -0.05) is 0 Å². The summed E-state index contributed by atoms with van der Waals surface area (Å²) in [6.45, 7) is 2.67. The van der Waals surface area contributed by atoms with Crippen molar-refractivity contribution in [1.29, 1.82) is 0 Å². The van der Waals surface area contributed by atoms with E-state index in [0.29, 0.717) is 19.6 Å². The predicted octanol–water partition coefficient (Wildman–Crippen LogP) is -0.271. The number of hydrogen-bond donors (Lipinski definition) is 3. The lowest BCUT2D eigenvalue weighted by atomic mass is 10.0. The lowest BCUT2D eigenvalue weighted by Crippen LogP contribution is -2.47. The van der Waals surface area contributed by atoms with Gasteiger partial charge in [-0.15, -0.1) is 0 Å². The van der Waals surface area contributed by atoms with Gasteiger partial charge in [-0.05, 0) is 13.3 Å². The quantitative estimate of drug-likeness (QED) is 0.439. The number of carbonyl (C=O) groups is 3. The Hall–Kier alpha value is -1.83. The van der Waals surface area contributed by atoms with Crippen LogP contribution in [0.15, 0.2) is 0 Å². The Morgan fingerprint density at radius 3 is 2.75 bits per heavy atom. The third kappa shape index (κ3) is 5.43. The molecule has 2 amide bonds. The highest BCUT2D eigenvalue weighted by Gasteiger charge is 2.34. The molecule has 0 aromatic carbocycles. The maximum atomic E-state index is 11.6. The zero-order valence-corrected chi connectivity index (χ0v) is 11.4. The first kappa shape index (κ1) is 16.2. The number of esters is 1. The number of carbonyl (C=O) groups excluding carboxylic acids is 2. The molecule has 8 heteroatoms. The summed E-state index contributed by atoms with van der Waals surface area (Å²) in [7, 11) is 0. The van der Waals surface area contributed by atoms with Crippen molar-refractivity contribution in [1.82, 2.24) is 10.6 Å². The fraction of sp³-hybridized carbons (Fsp3) is 0.750. The average Bonchev–Trinajstić information content (AvgIpc) is 2.83. The second-order valence-electron chi connectivity index (χ2n) is 4.40. The van der Waals surface area contributed by atoms with Gasteiger partial charge in [0.25, 0.3) is 0 Å². The highest BCUT2D eigenvalue weighted by atomic mass is 16.5. The third-order valence-electron chi connectivity index (χ3n) is 2.86. The molecule has 0 saturated carbocycles. The van der Waals surface area contributed by atoms with Crippen molar-refractivity contribution < 1.29 is 29.0 Å². The van der Waals surface area contributed by atoms with Gasteiger partial charge in [0.05, 0.1) is 25.9 Å². The van der Waals surface area contributed by atoms with Crippen molar-refractivity contribution in [3.63, 3.8) is 0 Å². The van der Waals surface area contributed by atoms with Gasteiger partial charge >= 0.3 is 18.0 Å². The van der Waals surface area contributed by atoms with Crippen LogP contribution in [0.4, 0.5) is 4.79 Å². The SMILES string of the molecule is CCOC(=O)CCCNC(=O)NC1COCC1C(=O)O. The fourth-order valence-electron chi connectivity index (χ4n) is 1.83. The number of nitrogens with one attached hydrogen (secondary N) is 2. The summed E-state index contributed by atoms with van der Waals surface area (Å²) in [5, 5.41) is 14.0. The molecule has 20 heavy (non-hydrogen) atoms. The summed E-state index contributed by atoms with van der Waals surface area (Å²) >= 11 is 0. The van der Waals surface area contributed by atoms with Crippen LogP contribution in [0.25, 0.3) is 0 Å². The van der Waals surface area contributed by atoms with Gasteiger partial charge in [0, 0.05) is 13.0 Å². The van der Waals surface area contributed by atoms with Crippen LogP contribution in [-0.4, -0.2) is 55.5 Å².